The highest BCUT2D eigenvalue weighted by Gasteiger charge is 2.23. The zero-order valence-corrected chi connectivity index (χ0v) is 12.7. The first-order valence-corrected chi connectivity index (χ1v) is 9.24. The number of methoxy groups -OCH3 is 1. The van der Waals surface area contributed by atoms with Gasteiger partial charge in [-0.05, 0) is 44.3 Å². The van der Waals surface area contributed by atoms with Gasteiger partial charge in [0.2, 0.25) is 8.32 Å². The van der Waals surface area contributed by atoms with Crippen LogP contribution < -0.4 is 9.16 Å². The fourth-order valence-electron chi connectivity index (χ4n) is 1.74. The molecule has 1 rings (SSSR count). The molecule has 0 unspecified atom stereocenters. The molecule has 0 bridgehead atoms. The van der Waals surface area contributed by atoms with Gasteiger partial charge >= 0.3 is 0 Å². The van der Waals surface area contributed by atoms with Gasteiger partial charge in [0.05, 0.1) is 7.11 Å². The highest BCUT2D eigenvalue weighted by Crippen LogP contribution is 2.28. The van der Waals surface area contributed by atoms with E-state index in [0.717, 1.165) is 23.1 Å². The average Bonchev–Trinajstić information content (AvgIpc) is 2.31. The van der Waals surface area contributed by atoms with Gasteiger partial charge in [0.25, 0.3) is 0 Å². The van der Waals surface area contributed by atoms with Crippen LogP contribution in [-0.2, 0) is 0 Å². The van der Waals surface area contributed by atoms with E-state index in [9.17, 15) is 0 Å². The van der Waals surface area contributed by atoms with Crippen LogP contribution in [0.3, 0.4) is 0 Å². The fourth-order valence-corrected chi connectivity index (χ4v) is 3.30. The van der Waals surface area contributed by atoms with Crippen LogP contribution in [0.4, 0.5) is 0 Å². The molecule has 1 aromatic rings. The molecule has 98 valence electrons. The zero-order valence-electron chi connectivity index (χ0n) is 11.7. The Morgan fingerprint density at radius 2 is 2.06 bits per heavy atom. The van der Waals surface area contributed by atoms with E-state index >= 15 is 0 Å². The van der Waals surface area contributed by atoms with Crippen molar-refractivity contribution in [3.8, 4) is 11.5 Å². The first-order valence-electron chi connectivity index (χ1n) is 6.13. The summed E-state index contributed by atoms with van der Waals surface area (Å²) in [5.41, 5.74) is 1.06. The molecular weight excluding hydrogens is 240 g/mol. The molecule has 0 aliphatic carbocycles. The zero-order chi connectivity index (χ0) is 13.6. The van der Waals surface area contributed by atoms with Gasteiger partial charge in [-0.1, -0.05) is 18.2 Å². The normalized spacial score (nSPS) is 11.6. The van der Waals surface area contributed by atoms with E-state index < -0.39 is 8.32 Å². The van der Waals surface area contributed by atoms with E-state index in [-0.39, 0.29) is 0 Å². The molecular formula is C15H22O2Si. The standard InChI is InChI=1S/C15H22O2Si/c1-6-8-13-12-14(16-3)9-10-15(13)17-18(4,5)11-7-2/h6-10,12H,2,11H2,1,3-5H3/b8-6+. The topological polar surface area (TPSA) is 18.5 Å². The van der Waals surface area contributed by atoms with Crippen LogP contribution >= 0.6 is 0 Å². The van der Waals surface area contributed by atoms with Gasteiger partial charge < -0.3 is 9.16 Å². The van der Waals surface area contributed by atoms with Crippen LogP contribution in [0.25, 0.3) is 6.08 Å². The Morgan fingerprint density at radius 3 is 2.61 bits per heavy atom. The summed E-state index contributed by atoms with van der Waals surface area (Å²) in [5.74, 6) is 1.77. The second-order valence-electron chi connectivity index (χ2n) is 4.76. The minimum absolute atomic E-state index is 0.846. The third-order valence-electron chi connectivity index (χ3n) is 2.59. The van der Waals surface area contributed by atoms with Gasteiger partial charge in [0.15, 0.2) is 0 Å². The second-order valence-corrected chi connectivity index (χ2v) is 8.89. The molecule has 0 saturated carbocycles. The minimum atomic E-state index is -1.72. The lowest BCUT2D eigenvalue weighted by atomic mass is 10.2. The van der Waals surface area contributed by atoms with E-state index in [4.69, 9.17) is 9.16 Å². The van der Waals surface area contributed by atoms with Gasteiger partial charge in [-0.2, -0.15) is 0 Å². The van der Waals surface area contributed by atoms with Crippen molar-refractivity contribution in [3.05, 3.63) is 42.5 Å². The monoisotopic (exact) mass is 262 g/mol. The smallest absolute Gasteiger partial charge is 0.248 e. The molecule has 0 fully saturated rings. The third-order valence-corrected chi connectivity index (χ3v) is 4.63. The molecule has 18 heavy (non-hydrogen) atoms. The van der Waals surface area contributed by atoms with Crippen LogP contribution in [0.5, 0.6) is 11.5 Å². The van der Waals surface area contributed by atoms with Crippen molar-refractivity contribution in [2.75, 3.05) is 7.11 Å². The Hall–Kier alpha value is -1.48. The summed E-state index contributed by atoms with van der Waals surface area (Å²) < 4.78 is 11.4. The van der Waals surface area contributed by atoms with Crippen molar-refractivity contribution >= 4 is 14.4 Å². The fraction of sp³-hybridized carbons (Fsp3) is 0.333. The van der Waals surface area contributed by atoms with Crippen molar-refractivity contribution < 1.29 is 9.16 Å². The first-order chi connectivity index (χ1) is 8.52. The number of benzene rings is 1. The summed E-state index contributed by atoms with van der Waals surface area (Å²) in [6, 6.07) is 6.84. The molecule has 0 aliphatic rings. The number of rotatable bonds is 6. The highest BCUT2D eigenvalue weighted by molar-refractivity contribution is 6.72. The molecule has 1 aromatic carbocycles. The van der Waals surface area contributed by atoms with Crippen LogP contribution in [0.15, 0.2) is 36.9 Å². The molecule has 0 amide bonds. The van der Waals surface area contributed by atoms with Gasteiger partial charge in [-0.25, -0.2) is 0 Å². The van der Waals surface area contributed by atoms with Crippen LogP contribution in [0.2, 0.25) is 19.1 Å². The van der Waals surface area contributed by atoms with Gasteiger partial charge in [0, 0.05) is 5.56 Å². The first kappa shape index (κ1) is 14.6. The van der Waals surface area contributed by atoms with Crippen molar-refractivity contribution in [1.82, 2.24) is 0 Å². The Kier molecular flexibility index (Phi) is 5.22. The number of ether oxygens (including phenoxy) is 1. The van der Waals surface area contributed by atoms with Crippen molar-refractivity contribution in [2.45, 2.75) is 26.1 Å². The summed E-state index contributed by atoms with van der Waals surface area (Å²) in [6.07, 6.45) is 5.98. The summed E-state index contributed by atoms with van der Waals surface area (Å²) in [7, 11) is -0.0526. The molecule has 0 N–H and O–H groups in total. The van der Waals surface area contributed by atoms with Gasteiger partial charge in [0.1, 0.15) is 11.5 Å². The van der Waals surface area contributed by atoms with E-state index in [2.05, 4.69) is 19.7 Å². The molecule has 3 heteroatoms. The maximum atomic E-state index is 6.19. The van der Waals surface area contributed by atoms with E-state index in [1.165, 1.54) is 0 Å². The Balaban J connectivity index is 3.04. The molecule has 0 saturated heterocycles. The number of allylic oxidation sites excluding steroid dienone is 2. The summed E-state index contributed by atoms with van der Waals surface area (Å²) in [5, 5.41) is 0. The Labute approximate surface area is 111 Å². The van der Waals surface area contributed by atoms with E-state index in [0.29, 0.717) is 0 Å². The maximum absolute atomic E-state index is 6.19. The highest BCUT2D eigenvalue weighted by atomic mass is 28.4. The Morgan fingerprint density at radius 1 is 1.33 bits per heavy atom. The number of hydrogen-bond acceptors (Lipinski definition) is 2. The lowest BCUT2D eigenvalue weighted by Crippen LogP contribution is -2.33. The van der Waals surface area contributed by atoms with Gasteiger partial charge in [-0.15, -0.1) is 6.58 Å². The van der Waals surface area contributed by atoms with Crippen molar-refractivity contribution in [2.24, 2.45) is 0 Å². The predicted octanol–water partition coefficient (Wildman–Crippen LogP) is 4.50. The lowest BCUT2D eigenvalue weighted by molar-refractivity contribution is 0.413. The summed E-state index contributed by atoms with van der Waals surface area (Å²) >= 11 is 0. The van der Waals surface area contributed by atoms with Crippen LogP contribution in [-0.4, -0.2) is 15.4 Å². The number of hydrogen-bond donors (Lipinski definition) is 0. The Bertz CT molecular complexity index is 436. The van der Waals surface area contributed by atoms with Crippen molar-refractivity contribution in [3.63, 3.8) is 0 Å². The molecule has 0 aliphatic heterocycles. The summed E-state index contributed by atoms with van der Waals surface area (Å²) in [4.78, 5) is 0. The average molecular weight is 262 g/mol. The predicted molar refractivity (Wildman–Crippen MR) is 80.8 cm³/mol. The third kappa shape index (κ3) is 4.07. The molecule has 2 nitrogen and oxygen atoms in total. The van der Waals surface area contributed by atoms with Gasteiger partial charge in [-0.3, -0.25) is 0 Å². The molecule has 0 heterocycles. The van der Waals surface area contributed by atoms with Crippen LogP contribution in [0.1, 0.15) is 12.5 Å². The molecule has 0 aromatic heterocycles. The van der Waals surface area contributed by atoms with Crippen LogP contribution in [0, 0.1) is 0 Å². The summed E-state index contributed by atoms with van der Waals surface area (Å²) in [6.45, 7) is 10.2. The molecule has 0 radical (unpaired) electrons. The largest absolute Gasteiger partial charge is 0.543 e. The van der Waals surface area contributed by atoms with Crippen molar-refractivity contribution in [1.29, 1.82) is 0 Å². The molecule has 0 atom stereocenters. The lowest BCUT2D eigenvalue weighted by Gasteiger charge is -2.24. The second kappa shape index (κ2) is 6.45. The van der Waals surface area contributed by atoms with E-state index in [1.807, 2.05) is 43.4 Å². The minimum Gasteiger partial charge on any atom is -0.543 e. The SMILES string of the molecule is C=CC[Si](C)(C)Oc1ccc(OC)cc1/C=C/C. The maximum Gasteiger partial charge on any atom is 0.248 e. The van der Waals surface area contributed by atoms with E-state index in [1.54, 1.807) is 7.11 Å². The quantitative estimate of drug-likeness (QED) is 0.555. The molecule has 0 spiro atoms.